The number of fused-ring (bicyclic) bond motifs is 2. The Morgan fingerprint density at radius 3 is 2.69 bits per heavy atom. The van der Waals surface area contributed by atoms with Gasteiger partial charge in [-0.05, 0) is 55.3 Å². The summed E-state index contributed by atoms with van der Waals surface area (Å²) in [5, 5.41) is 11.6. The first-order chi connectivity index (χ1) is 17.7. The number of carbonyl (C=O) groups is 1. The summed E-state index contributed by atoms with van der Waals surface area (Å²) in [7, 11) is 0. The highest BCUT2D eigenvalue weighted by Gasteiger charge is 2.29. The van der Waals surface area contributed by atoms with Gasteiger partial charge in [0.05, 0.1) is 34.5 Å². The molecule has 6 heterocycles. The summed E-state index contributed by atoms with van der Waals surface area (Å²) >= 11 is 0. The number of amides is 1. The lowest BCUT2D eigenvalue weighted by Crippen LogP contribution is -2.13. The summed E-state index contributed by atoms with van der Waals surface area (Å²) < 4.78 is 0. The van der Waals surface area contributed by atoms with Crippen molar-refractivity contribution in [3.8, 4) is 33.9 Å². The van der Waals surface area contributed by atoms with Crippen LogP contribution in [-0.2, 0) is 4.79 Å². The molecule has 0 spiro atoms. The maximum Gasteiger partial charge on any atom is 0.227 e. The van der Waals surface area contributed by atoms with Crippen molar-refractivity contribution in [2.45, 2.75) is 12.8 Å². The van der Waals surface area contributed by atoms with Gasteiger partial charge in [-0.2, -0.15) is 5.10 Å². The van der Waals surface area contributed by atoms with Crippen molar-refractivity contribution < 1.29 is 4.79 Å². The highest BCUT2D eigenvalue weighted by Crippen LogP contribution is 2.33. The molecule has 9 nitrogen and oxygen atoms in total. The van der Waals surface area contributed by atoms with Gasteiger partial charge in [-0.15, -0.1) is 0 Å². The summed E-state index contributed by atoms with van der Waals surface area (Å²) in [6.45, 7) is 0. The van der Waals surface area contributed by atoms with Gasteiger partial charge in [0.25, 0.3) is 0 Å². The molecule has 0 saturated heterocycles. The van der Waals surface area contributed by atoms with Crippen LogP contribution >= 0.6 is 0 Å². The van der Waals surface area contributed by atoms with Crippen LogP contribution in [0.2, 0.25) is 0 Å². The molecule has 1 fully saturated rings. The maximum absolute atomic E-state index is 12.2. The van der Waals surface area contributed by atoms with Crippen molar-refractivity contribution in [2.24, 2.45) is 5.92 Å². The summed E-state index contributed by atoms with van der Waals surface area (Å²) in [5.74, 6) is 0.176. The van der Waals surface area contributed by atoms with Crippen LogP contribution in [0.3, 0.4) is 0 Å². The minimum absolute atomic E-state index is 0.0495. The number of anilines is 1. The first kappa shape index (κ1) is 20.5. The van der Waals surface area contributed by atoms with E-state index >= 15 is 0 Å². The molecule has 7 rings (SSSR count). The minimum atomic E-state index is 0.0495. The predicted octanol–water partition coefficient (Wildman–Crippen LogP) is 4.97. The molecule has 0 aromatic carbocycles. The number of hydrogen-bond acceptors (Lipinski definition) is 6. The Bertz CT molecular complexity index is 1750. The second-order valence-electron chi connectivity index (χ2n) is 8.94. The molecule has 36 heavy (non-hydrogen) atoms. The lowest BCUT2D eigenvalue weighted by atomic mass is 10.1. The number of hydrogen-bond donors (Lipinski definition) is 3. The van der Waals surface area contributed by atoms with Crippen LogP contribution in [0, 0.1) is 5.92 Å². The molecule has 9 heteroatoms. The predicted molar refractivity (Wildman–Crippen MR) is 137 cm³/mol. The lowest BCUT2D eigenvalue weighted by molar-refractivity contribution is -0.117. The van der Waals surface area contributed by atoms with E-state index in [-0.39, 0.29) is 11.8 Å². The highest BCUT2D eigenvalue weighted by atomic mass is 16.2. The zero-order valence-corrected chi connectivity index (χ0v) is 19.1. The van der Waals surface area contributed by atoms with Gasteiger partial charge in [0.15, 0.2) is 0 Å². The number of H-pyrrole nitrogens is 2. The first-order valence-electron chi connectivity index (χ1n) is 11.7. The van der Waals surface area contributed by atoms with Gasteiger partial charge in [0.2, 0.25) is 5.91 Å². The van der Waals surface area contributed by atoms with Crippen LogP contribution in [0.15, 0.2) is 73.4 Å². The second-order valence-corrected chi connectivity index (χ2v) is 8.94. The Balaban J connectivity index is 1.28. The minimum Gasteiger partial charge on any atom is -0.353 e. The van der Waals surface area contributed by atoms with E-state index < -0.39 is 0 Å². The molecular weight excluding hydrogens is 452 g/mol. The lowest BCUT2D eigenvalue weighted by Gasteiger charge is -2.06. The Labute approximate surface area is 205 Å². The van der Waals surface area contributed by atoms with Gasteiger partial charge in [-0.3, -0.25) is 24.8 Å². The molecule has 0 aliphatic heterocycles. The van der Waals surface area contributed by atoms with Crippen LogP contribution in [0.5, 0.6) is 0 Å². The van der Waals surface area contributed by atoms with Gasteiger partial charge >= 0.3 is 0 Å². The number of pyridine rings is 4. The van der Waals surface area contributed by atoms with Crippen LogP contribution in [0.4, 0.5) is 5.69 Å². The normalized spacial score (nSPS) is 13.3. The summed E-state index contributed by atoms with van der Waals surface area (Å²) in [6.07, 6.45) is 10.6. The van der Waals surface area contributed by atoms with Crippen molar-refractivity contribution in [3.63, 3.8) is 0 Å². The highest BCUT2D eigenvalue weighted by molar-refractivity contribution is 5.99. The molecule has 0 bridgehead atoms. The zero-order chi connectivity index (χ0) is 24.1. The number of aromatic nitrogens is 7. The van der Waals surface area contributed by atoms with E-state index in [0.717, 1.165) is 63.0 Å². The fourth-order valence-corrected chi connectivity index (χ4v) is 4.40. The van der Waals surface area contributed by atoms with Crippen LogP contribution in [0.25, 0.3) is 55.8 Å². The van der Waals surface area contributed by atoms with Crippen molar-refractivity contribution in [3.05, 3.63) is 73.4 Å². The van der Waals surface area contributed by atoms with E-state index in [1.54, 1.807) is 31.0 Å². The van der Waals surface area contributed by atoms with E-state index in [4.69, 9.17) is 4.98 Å². The fraction of sp³-hybridized carbons (Fsp3) is 0.111. The Morgan fingerprint density at radius 2 is 1.83 bits per heavy atom. The third kappa shape index (κ3) is 3.58. The van der Waals surface area contributed by atoms with Gasteiger partial charge in [-0.25, -0.2) is 4.98 Å². The summed E-state index contributed by atoms with van der Waals surface area (Å²) in [6, 6.07) is 13.7. The monoisotopic (exact) mass is 472 g/mol. The number of carbonyl (C=O) groups excluding carboxylic acids is 1. The molecule has 1 saturated carbocycles. The number of nitrogens with one attached hydrogen (secondary N) is 3. The Hall–Kier alpha value is -4.92. The standard InChI is InChI=1S/C27H20N8O/c36-27(15-3-4-15)31-18-10-17(13-29-14-18)20-5-6-22-25(33-20)26(35-34-22)23-11-19-21(32-23)7-9-30-24(19)16-2-1-8-28-12-16/h1-2,5-15,32H,3-4H2,(H,31,36)(H,34,35). The van der Waals surface area contributed by atoms with Crippen molar-refractivity contribution in [1.29, 1.82) is 0 Å². The number of aromatic amines is 2. The fourth-order valence-electron chi connectivity index (χ4n) is 4.40. The second kappa shape index (κ2) is 8.09. The van der Waals surface area contributed by atoms with Crippen LogP contribution < -0.4 is 5.32 Å². The number of nitrogens with zero attached hydrogens (tertiary/aromatic N) is 5. The molecule has 1 amide bonds. The molecular formula is C27H20N8O. The summed E-state index contributed by atoms with van der Waals surface area (Å²) in [4.78, 5) is 33.7. The van der Waals surface area contributed by atoms with Gasteiger partial charge in [0.1, 0.15) is 11.2 Å². The quantitative estimate of drug-likeness (QED) is 0.325. The van der Waals surface area contributed by atoms with E-state index in [2.05, 4.69) is 35.5 Å². The zero-order valence-electron chi connectivity index (χ0n) is 19.1. The third-order valence-corrected chi connectivity index (χ3v) is 6.40. The van der Waals surface area contributed by atoms with E-state index in [1.165, 1.54) is 0 Å². The van der Waals surface area contributed by atoms with Crippen molar-refractivity contribution >= 4 is 33.5 Å². The smallest absolute Gasteiger partial charge is 0.227 e. The van der Waals surface area contributed by atoms with E-state index in [1.807, 2.05) is 42.5 Å². The molecule has 3 N–H and O–H groups in total. The number of rotatable bonds is 5. The topological polar surface area (TPSA) is 125 Å². The third-order valence-electron chi connectivity index (χ3n) is 6.40. The Kier molecular flexibility index (Phi) is 4.60. The largest absolute Gasteiger partial charge is 0.353 e. The van der Waals surface area contributed by atoms with Crippen molar-refractivity contribution in [1.82, 2.24) is 35.1 Å². The average Bonchev–Trinajstić information content (AvgIpc) is 3.55. The van der Waals surface area contributed by atoms with E-state index in [9.17, 15) is 4.79 Å². The van der Waals surface area contributed by atoms with Gasteiger partial charge < -0.3 is 10.3 Å². The van der Waals surface area contributed by atoms with Crippen LogP contribution in [-0.4, -0.2) is 41.0 Å². The first-order valence-corrected chi connectivity index (χ1v) is 11.7. The van der Waals surface area contributed by atoms with Gasteiger partial charge in [-0.1, -0.05) is 0 Å². The molecule has 0 atom stereocenters. The van der Waals surface area contributed by atoms with Gasteiger partial charge in [0, 0.05) is 52.7 Å². The molecule has 1 aliphatic carbocycles. The summed E-state index contributed by atoms with van der Waals surface area (Å²) in [5.41, 5.74) is 8.10. The van der Waals surface area contributed by atoms with Crippen molar-refractivity contribution in [2.75, 3.05) is 5.32 Å². The molecule has 6 aromatic rings. The average molecular weight is 473 g/mol. The molecule has 6 aromatic heterocycles. The van der Waals surface area contributed by atoms with Crippen LogP contribution in [0.1, 0.15) is 12.8 Å². The molecule has 174 valence electrons. The SMILES string of the molecule is O=C(Nc1cncc(-c2ccc3[nH]nc(-c4cc5c(-c6cccnc6)nccc5[nH]4)c3n2)c1)C1CC1. The molecule has 0 radical (unpaired) electrons. The maximum atomic E-state index is 12.2. The molecule has 0 unspecified atom stereocenters. The molecule has 1 aliphatic rings. The Morgan fingerprint density at radius 1 is 0.917 bits per heavy atom. The van der Waals surface area contributed by atoms with E-state index in [0.29, 0.717) is 11.4 Å².